The fourth-order valence-corrected chi connectivity index (χ4v) is 6.79. The molecule has 0 amide bonds. The molecule has 0 unspecified atom stereocenters. The number of carboxylic acid groups (broad SMARTS) is 1. The van der Waals surface area contributed by atoms with Crippen LogP contribution in [0, 0.1) is 5.92 Å². The van der Waals surface area contributed by atoms with Gasteiger partial charge in [-0.1, -0.05) is 164 Å². The topological polar surface area (TPSA) is 93.1 Å². The fraction of sp³-hybridized carbons (Fsp3) is 0.167. The smallest absolute Gasteiger partial charge is 0.328 e. The number of carboxylic acids is 1. The van der Waals surface area contributed by atoms with Crippen molar-refractivity contribution in [2.45, 2.75) is 38.1 Å². The molecule has 0 aromatic heterocycles. The Balaban J connectivity index is 1.28. The first-order valence-corrected chi connectivity index (χ1v) is 18.1. The summed E-state index contributed by atoms with van der Waals surface area (Å²) in [5, 5.41) is 21.1. The number of aliphatic hydroxyl groups excluding tert-OH is 1. The molecular formula is C48H44O6. The van der Waals surface area contributed by atoms with E-state index in [9.17, 15) is 19.8 Å². The van der Waals surface area contributed by atoms with Gasteiger partial charge in [-0.3, -0.25) is 4.79 Å². The van der Waals surface area contributed by atoms with Crippen molar-refractivity contribution in [1.29, 1.82) is 0 Å². The van der Waals surface area contributed by atoms with Crippen LogP contribution in [0.25, 0.3) is 16.7 Å². The van der Waals surface area contributed by atoms with Crippen LogP contribution in [0.5, 0.6) is 0 Å². The number of carbonyl (C=O) groups is 2. The molecule has 2 N–H and O–H groups in total. The zero-order valence-electron chi connectivity index (χ0n) is 30.3. The van der Waals surface area contributed by atoms with E-state index in [0.717, 1.165) is 44.5 Å². The molecule has 0 aliphatic carbocycles. The first kappa shape index (κ1) is 37.7. The summed E-state index contributed by atoms with van der Waals surface area (Å²) in [6.07, 6.45) is 0.902. The Bertz CT molecular complexity index is 2050. The summed E-state index contributed by atoms with van der Waals surface area (Å²) in [6.45, 7) is 1.75. The molecule has 0 saturated carbocycles. The van der Waals surface area contributed by atoms with Crippen molar-refractivity contribution in [3.8, 4) is 11.1 Å². The lowest BCUT2D eigenvalue weighted by atomic mass is 9.80. The standard InChI is InChI=1S/C48H44O6/c1-35(30-46(50)51)38-19-15-21-40(32-38)39-20-14-18-36(31-39)28-29-45(49)44(47(52)53-33-37-16-6-2-7-17-37)34-54-48(41-22-8-3-9-23-41,42-24-10-4-11-25-42)43-26-12-5-13-27-43/h2-27,30-32,44-45,49H,28-29,33-34H2,1H3,(H,50,51)/b35-30+/t44-,45-/m1/s1. The number of hydrogen-bond donors (Lipinski definition) is 2. The van der Waals surface area contributed by atoms with E-state index in [1.807, 2.05) is 164 Å². The molecule has 0 fully saturated rings. The van der Waals surface area contributed by atoms with Crippen LogP contribution in [-0.4, -0.2) is 34.9 Å². The first-order valence-electron chi connectivity index (χ1n) is 18.1. The summed E-state index contributed by atoms with van der Waals surface area (Å²) in [4.78, 5) is 25.2. The van der Waals surface area contributed by atoms with E-state index in [1.165, 1.54) is 6.08 Å². The maximum Gasteiger partial charge on any atom is 0.328 e. The normalized spacial score (nSPS) is 12.8. The van der Waals surface area contributed by atoms with Crippen molar-refractivity contribution in [3.63, 3.8) is 0 Å². The molecule has 0 saturated heterocycles. The highest BCUT2D eigenvalue weighted by atomic mass is 16.5. The number of aliphatic hydroxyl groups is 1. The van der Waals surface area contributed by atoms with Crippen LogP contribution in [-0.2, 0) is 37.7 Å². The van der Waals surface area contributed by atoms with Crippen LogP contribution in [0.3, 0.4) is 0 Å². The molecule has 272 valence electrons. The van der Waals surface area contributed by atoms with Gasteiger partial charge in [0, 0.05) is 6.08 Å². The molecule has 6 heteroatoms. The third-order valence-electron chi connectivity index (χ3n) is 9.66. The highest BCUT2D eigenvalue weighted by molar-refractivity contribution is 5.90. The van der Waals surface area contributed by atoms with Crippen LogP contribution in [0.15, 0.2) is 176 Å². The van der Waals surface area contributed by atoms with Crippen molar-refractivity contribution in [2.75, 3.05) is 6.61 Å². The van der Waals surface area contributed by atoms with Gasteiger partial charge in [0.15, 0.2) is 0 Å². The molecule has 6 rings (SSSR count). The third kappa shape index (κ3) is 9.28. The Labute approximate surface area is 317 Å². The van der Waals surface area contributed by atoms with Gasteiger partial charge in [-0.15, -0.1) is 0 Å². The number of ether oxygens (including phenoxy) is 2. The van der Waals surface area contributed by atoms with Crippen LogP contribution in [0.1, 0.15) is 46.7 Å². The number of rotatable bonds is 16. The molecular weight excluding hydrogens is 673 g/mol. The van der Waals surface area contributed by atoms with E-state index in [4.69, 9.17) is 9.47 Å². The SMILES string of the molecule is C/C(=C\C(=O)O)c1cccc(-c2cccc(CC[C@@H](O)[C@@H](COC(c3ccccc3)(c3ccccc3)c3ccccc3)C(=O)OCc3ccccc3)c2)c1. The Morgan fingerprint density at radius 1 is 0.648 bits per heavy atom. The number of hydrogen-bond acceptors (Lipinski definition) is 5. The first-order chi connectivity index (χ1) is 26.3. The minimum atomic E-state index is -1.08. The Kier molecular flexibility index (Phi) is 12.6. The molecule has 6 aromatic carbocycles. The van der Waals surface area contributed by atoms with Gasteiger partial charge < -0.3 is 19.7 Å². The monoisotopic (exact) mass is 716 g/mol. The van der Waals surface area contributed by atoms with E-state index in [-0.39, 0.29) is 19.6 Å². The molecule has 6 aromatic rings. The van der Waals surface area contributed by atoms with Crippen molar-refractivity contribution < 1.29 is 29.3 Å². The molecule has 0 aliphatic rings. The fourth-order valence-electron chi connectivity index (χ4n) is 6.79. The van der Waals surface area contributed by atoms with E-state index < -0.39 is 29.6 Å². The summed E-state index contributed by atoms with van der Waals surface area (Å²) < 4.78 is 12.9. The average Bonchev–Trinajstić information content (AvgIpc) is 3.22. The quantitative estimate of drug-likeness (QED) is 0.0589. The molecule has 0 heterocycles. The van der Waals surface area contributed by atoms with Gasteiger partial charge >= 0.3 is 11.9 Å². The lowest BCUT2D eigenvalue weighted by Gasteiger charge is -2.37. The van der Waals surface area contributed by atoms with Crippen molar-refractivity contribution >= 4 is 17.5 Å². The molecule has 54 heavy (non-hydrogen) atoms. The Hall–Kier alpha value is -6.08. The predicted octanol–water partition coefficient (Wildman–Crippen LogP) is 9.50. The van der Waals surface area contributed by atoms with E-state index >= 15 is 0 Å². The van der Waals surface area contributed by atoms with Crippen LogP contribution < -0.4 is 0 Å². The van der Waals surface area contributed by atoms with Gasteiger partial charge in [-0.25, -0.2) is 4.79 Å². The minimum Gasteiger partial charge on any atom is -0.478 e. The van der Waals surface area contributed by atoms with Crippen LogP contribution in [0.2, 0.25) is 0 Å². The molecule has 0 bridgehead atoms. The molecule has 6 nitrogen and oxygen atoms in total. The summed E-state index contributed by atoms with van der Waals surface area (Å²) in [5.41, 5.74) is 6.82. The lowest BCUT2D eigenvalue weighted by molar-refractivity contribution is -0.159. The number of esters is 1. The zero-order valence-corrected chi connectivity index (χ0v) is 30.3. The number of aliphatic carboxylic acids is 1. The number of carbonyl (C=O) groups excluding carboxylic acids is 1. The third-order valence-corrected chi connectivity index (χ3v) is 9.66. The van der Waals surface area contributed by atoms with Gasteiger partial charge in [0.25, 0.3) is 0 Å². The van der Waals surface area contributed by atoms with Gasteiger partial charge in [0.05, 0.1) is 12.7 Å². The molecule has 0 radical (unpaired) electrons. The van der Waals surface area contributed by atoms with Gasteiger partial charge in [0.1, 0.15) is 18.1 Å². The number of benzene rings is 6. The van der Waals surface area contributed by atoms with E-state index in [2.05, 4.69) is 6.07 Å². The average molecular weight is 717 g/mol. The van der Waals surface area contributed by atoms with Gasteiger partial charge in [0.2, 0.25) is 0 Å². The molecule has 0 spiro atoms. The van der Waals surface area contributed by atoms with E-state index in [0.29, 0.717) is 12.0 Å². The highest BCUT2D eigenvalue weighted by Crippen LogP contribution is 2.41. The number of aryl methyl sites for hydroxylation is 1. The van der Waals surface area contributed by atoms with Gasteiger partial charge in [-0.05, 0) is 75.9 Å². The zero-order chi connectivity index (χ0) is 37.8. The Morgan fingerprint density at radius 3 is 1.70 bits per heavy atom. The molecule has 2 atom stereocenters. The second-order valence-electron chi connectivity index (χ2n) is 13.3. The maximum atomic E-state index is 14.0. The summed E-state index contributed by atoms with van der Waals surface area (Å²) in [5.74, 6) is -2.52. The minimum absolute atomic E-state index is 0.0757. The largest absolute Gasteiger partial charge is 0.478 e. The number of allylic oxidation sites excluding steroid dienone is 1. The highest BCUT2D eigenvalue weighted by Gasteiger charge is 2.40. The van der Waals surface area contributed by atoms with E-state index in [1.54, 1.807) is 6.92 Å². The van der Waals surface area contributed by atoms with Gasteiger partial charge in [-0.2, -0.15) is 0 Å². The van der Waals surface area contributed by atoms with Crippen molar-refractivity contribution in [2.24, 2.45) is 5.92 Å². The van der Waals surface area contributed by atoms with Crippen LogP contribution in [0.4, 0.5) is 0 Å². The second kappa shape index (κ2) is 18.1. The maximum absolute atomic E-state index is 14.0. The van der Waals surface area contributed by atoms with Crippen molar-refractivity contribution in [3.05, 3.63) is 209 Å². The molecule has 0 aliphatic heterocycles. The second-order valence-corrected chi connectivity index (χ2v) is 13.3. The van der Waals surface area contributed by atoms with Crippen LogP contribution >= 0.6 is 0 Å². The summed E-state index contributed by atoms with van der Waals surface area (Å²) in [6, 6.07) is 55.1. The van der Waals surface area contributed by atoms with Crippen molar-refractivity contribution in [1.82, 2.24) is 0 Å². The Morgan fingerprint density at radius 2 is 1.15 bits per heavy atom. The predicted molar refractivity (Wildman–Crippen MR) is 212 cm³/mol. The summed E-state index contributed by atoms with van der Waals surface area (Å²) >= 11 is 0. The lowest BCUT2D eigenvalue weighted by Crippen LogP contribution is -2.40. The summed E-state index contributed by atoms with van der Waals surface area (Å²) in [7, 11) is 0.